The SMILES string of the molecule is CCOC(=O)c1ccc(NC(=O)C(CC)n2c(SCc3ccc(F)cc3)nc3cccnc32)cc1. The lowest BCUT2D eigenvalue weighted by atomic mass is 10.1. The largest absolute Gasteiger partial charge is 0.462 e. The molecule has 1 atom stereocenters. The number of halogens is 1. The van der Waals surface area contributed by atoms with Crippen LogP contribution in [0.3, 0.4) is 0 Å². The van der Waals surface area contributed by atoms with Gasteiger partial charge in [-0.25, -0.2) is 19.2 Å². The molecule has 1 amide bonds. The van der Waals surface area contributed by atoms with Crippen LogP contribution in [-0.4, -0.2) is 33.0 Å². The number of pyridine rings is 1. The maximum Gasteiger partial charge on any atom is 0.338 e. The number of esters is 1. The second-order valence-corrected chi connectivity index (χ2v) is 8.68. The molecule has 2 aromatic carbocycles. The molecule has 1 unspecified atom stereocenters. The number of amides is 1. The highest BCUT2D eigenvalue weighted by atomic mass is 32.2. The molecule has 9 heteroatoms. The third-order valence-corrected chi connectivity index (χ3v) is 6.39. The van der Waals surface area contributed by atoms with E-state index in [0.29, 0.717) is 46.4 Å². The van der Waals surface area contributed by atoms with Crippen molar-refractivity contribution in [3.63, 3.8) is 0 Å². The van der Waals surface area contributed by atoms with E-state index < -0.39 is 12.0 Å². The first-order chi connectivity index (χ1) is 17.0. The number of carbonyl (C=O) groups is 2. The fourth-order valence-corrected chi connectivity index (χ4v) is 4.64. The molecule has 0 radical (unpaired) electrons. The highest BCUT2D eigenvalue weighted by Gasteiger charge is 2.25. The third-order valence-electron chi connectivity index (χ3n) is 5.36. The lowest BCUT2D eigenvalue weighted by molar-refractivity contribution is -0.119. The van der Waals surface area contributed by atoms with Crippen LogP contribution in [0.2, 0.25) is 0 Å². The number of anilines is 1. The van der Waals surface area contributed by atoms with Gasteiger partial charge in [0.1, 0.15) is 17.4 Å². The third kappa shape index (κ3) is 5.68. The van der Waals surface area contributed by atoms with Crippen molar-refractivity contribution in [3.05, 3.63) is 83.8 Å². The molecule has 0 saturated carbocycles. The van der Waals surface area contributed by atoms with E-state index in [1.165, 1.54) is 23.9 Å². The fourth-order valence-electron chi connectivity index (χ4n) is 3.63. The molecule has 0 spiro atoms. The van der Waals surface area contributed by atoms with E-state index in [4.69, 9.17) is 9.72 Å². The number of rotatable bonds is 9. The van der Waals surface area contributed by atoms with Crippen LogP contribution < -0.4 is 5.32 Å². The van der Waals surface area contributed by atoms with Gasteiger partial charge in [0.2, 0.25) is 5.91 Å². The van der Waals surface area contributed by atoms with Crippen molar-refractivity contribution < 1.29 is 18.7 Å². The summed E-state index contributed by atoms with van der Waals surface area (Å²) in [5.74, 6) is -0.342. The number of aromatic nitrogens is 3. The number of carbonyl (C=O) groups excluding carboxylic acids is 2. The smallest absolute Gasteiger partial charge is 0.338 e. The maximum atomic E-state index is 13.3. The van der Waals surface area contributed by atoms with Crippen LogP contribution in [0.1, 0.15) is 42.2 Å². The lowest BCUT2D eigenvalue weighted by Crippen LogP contribution is -2.26. The van der Waals surface area contributed by atoms with E-state index in [0.717, 1.165) is 5.56 Å². The number of imidazole rings is 1. The van der Waals surface area contributed by atoms with Crippen molar-refractivity contribution in [1.29, 1.82) is 0 Å². The molecule has 2 heterocycles. The van der Waals surface area contributed by atoms with E-state index in [9.17, 15) is 14.0 Å². The molecule has 0 aliphatic carbocycles. The zero-order valence-corrected chi connectivity index (χ0v) is 20.2. The molecule has 7 nitrogen and oxygen atoms in total. The number of fused-ring (bicyclic) bond motifs is 1. The standard InChI is InChI=1S/C26H25FN4O3S/c1-3-22(24(32)29-20-13-9-18(10-14-20)25(33)34-4-2)31-23-21(6-5-15-28-23)30-26(31)35-16-17-7-11-19(27)12-8-17/h5-15,22H,3-4,16H2,1-2H3,(H,29,32). The van der Waals surface area contributed by atoms with Gasteiger partial charge in [0.05, 0.1) is 12.2 Å². The van der Waals surface area contributed by atoms with Crippen molar-refractivity contribution >= 4 is 40.5 Å². The summed E-state index contributed by atoms with van der Waals surface area (Å²) in [7, 11) is 0. The van der Waals surface area contributed by atoms with Crippen LogP contribution in [-0.2, 0) is 15.3 Å². The lowest BCUT2D eigenvalue weighted by Gasteiger charge is -2.19. The van der Waals surface area contributed by atoms with E-state index in [1.54, 1.807) is 55.6 Å². The molecular formula is C26H25FN4O3S. The van der Waals surface area contributed by atoms with Gasteiger partial charge in [-0.15, -0.1) is 0 Å². The Balaban J connectivity index is 1.58. The Morgan fingerprint density at radius 1 is 1.09 bits per heavy atom. The van der Waals surface area contributed by atoms with Crippen LogP contribution in [0.25, 0.3) is 11.2 Å². The second kappa shape index (κ2) is 11.1. The van der Waals surface area contributed by atoms with Gasteiger partial charge >= 0.3 is 5.97 Å². The maximum absolute atomic E-state index is 13.3. The number of thioether (sulfide) groups is 1. The first kappa shape index (κ1) is 24.4. The Labute approximate surface area is 206 Å². The number of benzene rings is 2. The van der Waals surface area contributed by atoms with Crippen molar-refractivity contribution in [2.75, 3.05) is 11.9 Å². The molecule has 4 aromatic rings. The second-order valence-electron chi connectivity index (χ2n) is 7.74. The average molecular weight is 493 g/mol. The van der Waals surface area contributed by atoms with Crippen molar-refractivity contribution in [2.45, 2.75) is 37.2 Å². The number of nitrogens with one attached hydrogen (secondary N) is 1. The monoisotopic (exact) mass is 492 g/mol. The fraction of sp³-hybridized carbons (Fsp3) is 0.231. The van der Waals surface area contributed by atoms with E-state index in [2.05, 4.69) is 10.3 Å². The zero-order chi connectivity index (χ0) is 24.8. The topological polar surface area (TPSA) is 86.1 Å². The summed E-state index contributed by atoms with van der Waals surface area (Å²) in [5.41, 5.74) is 3.25. The molecule has 0 bridgehead atoms. The van der Waals surface area contributed by atoms with Gasteiger partial charge in [-0.2, -0.15) is 0 Å². The minimum atomic E-state index is -0.560. The summed E-state index contributed by atoms with van der Waals surface area (Å²) in [6.45, 7) is 3.97. The van der Waals surface area contributed by atoms with Crippen LogP contribution in [0.15, 0.2) is 72.0 Å². The minimum absolute atomic E-state index is 0.218. The average Bonchev–Trinajstić information content (AvgIpc) is 3.23. The molecule has 0 aliphatic heterocycles. The zero-order valence-electron chi connectivity index (χ0n) is 19.4. The summed E-state index contributed by atoms with van der Waals surface area (Å²) < 4.78 is 20.1. The molecule has 2 aromatic heterocycles. The molecule has 4 rings (SSSR count). The Bertz CT molecular complexity index is 1320. The molecule has 0 aliphatic rings. The van der Waals surface area contributed by atoms with E-state index >= 15 is 0 Å². The van der Waals surface area contributed by atoms with E-state index in [-0.39, 0.29) is 11.7 Å². The van der Waals surface area contributed by atoms with Crippen molar-refractivity contribution in [2.24, 2.45) is 0 Å². The van der Waals surface area contributed by atoms with Gasteiger partial charge in [0, 0.05) is 17.6 Å². The summed E-state index contributed by atoms with van der Waals surface area (Å²) in [6.07, 6.45) is 2.19. The van der Waals surface area contributed by atoms with Gasteiger partial charge < -0.3 is 10.1 Å². The van der Waals surface area contributed by atoms with Crippen LogP contribution in [0.4, 0.5) is 10.1 Å². The Morgan fingerprint density at radius 2 is 1.83 bits per heavy atom. The Kier molecular flexibility index (Phi) is 7.77. The van der Waals surface area contributed by atoms with Gasteiger partial charge in [-0.3, -0.25) is 9.36 Å². The van der Waals surface area contributed by atoms with Gasteiger partial charge in [-0.1, -0.05) is 30.8 Å². The Morgan fingerprint density at radius 3 is 2.51 bits per heavy atom. The summed E-state index contributed by atoms with van der Waals surface area (Å²) >= 11 is 1.47. The molecule has 1 N–H and O–H groups in total. The number of nitrogens with zero attached hydrogens (tertiary/aromatic N) is 3. The van der Waals surface area contributed by atoms with Crippen LogP contribution in [0, 0.1) is 5.82 Å². The predicted molar refractivity (Wildman–Crippen MR) is 134 cm³/mol. The first-order valence-electron chi connectivity index (χ1n) is 11.3. The minimum Gasteiger partial charge on any atom is -0.462 e. The quantitative estimate of drug-likeness (QED) is 0.241. The van der Waals surface area contributed by atoms with Crippen LogP contribution >= 0.6 is 11.8 Å². The first-order valence-corrected chi connectivity index (χ1v) is 12.3. The number of ether oxygens (including phenoxy) is 1. The Hall–Kier alpha value is -3.72. The molecule has 35 heavy (non-hydrogen) atoms. The molecule has 0 fully saturated rings. The van der Waals surface area contributed by atoms with Gasteiger partial charge in [-0.05, 0) is 67.4 Å². The molecule has 180 valence electrons. The normalized spacial score (nSPS) is 11.9. The number of hydrogen-bond acceptors (Lipinski definition) is 6. The summed E-state index contributed by atoms with van der Waals surface area (Å²) in [6, 6.07) is 16.0. The highest BCUT2D eigenvalue weighted by molar-refractivity contribution is 7.98. The number of hydrogen-bond donors (Lipinski definition) is 1. The summed E-state index contributed by atoms with van der Waals surface area (Å²) in [5, 5.41) is 3.59. The van der Waals surface area contributed by atoms with Crippen molar-refractivity contribution in [3.8, 4) is 0 Å². The van der Waals surface area contributed by atoms with E-state index in [1.807, 2.05) is 17.6 Å². The molecular weight excluding hydrogens is 467 g/mol. The van der Waals surface area contributed by atoms with Crippen molar-refractivity contribution in [1.82, 2.24) is 14.5 Å². The summed E-state index contributed by atoms with van der Waals surface area (Å²) in [4.78, 5) is 34.4. The van der Waals surface area contributed by atoms with Gasteiger partial charge in [0.15, 0.2) is 10.8 Å². The highest BCUT2D eigenvalue weighted by Crippen LogP contribution is 2.31. The van der Waals surface area contributed by atoms with Crippen LogP contribution in [0.5, 0.6) is 0 Å². The predicted octanol–water partition coefficient (Wildman–Crippen LogP) is 5.63. The van der Waals surface area contributed by atoms with Gasteiger partial charge in [0.25, 0.3) is 0 Å². The molecule has 0 saturated heterocycles.